The van der Waals surface area contributed by atoms with Crippen LogP contribution >= 0.6 is 0 Å². The van der Waals surface area contributed by atoms with Crippen molar-refractivity contribution in [1.29, 1.82) is 0 Å². The van der Waals surface area contributed by atoms with E-state index in [-0.39, 0.29) is 5.41 Å². The minimum atomic E-state index is 0.194. The van der Waals surface area contributed by atoms with Gasteiger partial charge < -0.3 is 5.32 Å². The van der Waals surface area contributed by atoms with Gasteiger partial charge in [-0.3, -0.25) is 4.68 Å². The van der Waals surface area contributed by atoms with Gasteiger partial charge in [0.05, 0.1) is 6.20 Å². The van der Waals surface area contributed by atoms with Crippen molar-refractivity contribution < 1.29 is 0 Å². The number of aryl methyl sites for hydroxylation is 1. The van der Waals surface area contributed by atoms with E-state index in [9.17, 15) is 0 Å². The van der Waals surface area contributed by atoms with E-state index in [4.69, 9.17) is 0 Å². The van der Waals surface area contributed by atoms with E-state index in [0.717, 1.165) is 18.9 Å². The summed E-state index contributed by atoms with van der Waals surface area (Å²) in [5.41, 5.74) is 1.59. The molecule has 2 rings (SSSR count). The summed E-state index contributed by atoms with van der Waals surface area (Å²) in [6.07, 6.45) is 9.46. The fourth-order valence-corrected chi connectivity index (χ4v) is 3.83. The molecule has 3 heteroatoms. The molecule has 1 aliphatic rings. The first-order valence-electron chi connectivity index (χ1n) is 8.19. The summed E-state index contributed by atoms with van der Waals surface area (Å²) in [6.45, 7) is 10.4. The van der Waals surface area contributed by atoms with Gasteiger partial charge in [0.2, 0.25) is 0 Å². The summed E-state index contributed by atoms with van der Waals surface area (Å²) in [7, 11) is 2.12. The van der Waals surface area contributed by atoms with Crippen molar-refractivity contribution in [3.05, 3.63) is 18.0 Å². The fourth-order valence-electron chi connectivity index (χ4n) is 3.83. The van der Waals surface area contributed by atoms with Crippen LogP contribution in [0.2, 0.25) is 0 Å². The van der Waals surface area contributed by atoms with Gasteiger partial charge in [-0.1, -0.05) is 34.1 Å². The van der Waals surface area contributed by atoms with Crippen LogP contribution in [-0.4, -0.2) is 22.9 Å². The number of hydrogen-bond acceptors (Lipinski definition) is 2. The zero-order valence-corrected chi connectivity index (χ0v) is 13.8. The molecule has 0 amide bonds. The molecule has 0 aromatic carbocycles. The van der Waals surface area contributed by atoms with Gasteiger partial charge in [0.15, 0.2) is 0 Å². The van der Waals surface area contributed by atoms with Crippen LogP contribution in [0, 0.1) is 11.8 Å². The Morgan fingerprint density at radius 2 is 2.15 bits per heavy atom. The summed E-state index contributed by atoms with van der Waals surface area (Å²) in [6, 6.07) is 0.628. The maximum Gasteiger partial charge on any atom is 0.0527 e. The summed E-state index contributed by atoms with van der Waals surface area (Å²) in [4.78, 5) is 0. The number of aromatic nitrogens is 2. The van der Waals surface area contributed by atoms with Crippen LogP contribution in [0.1, 0.15) is 58.9 Å². The molecule has 3 unspecified atom stereocenters. The van der Waals surface area contributed by atoms with Crippen LogP contribution < -0.4 is 5.32 Å². The molecule has 114 valence electrons. The molecular formula is C17H31N3. The van der Waals surface area contributed by atoms with E-state index in [1.54, 1.807) is 0 Å². The Morgan fingerprint density at radius 1 is 1.40 bits per heavy atom. The van der Waals surface area contributed by atoms with Crippen molar-refractivity contribution in [2.45, 2.75) is 71.4 Å². The van der Waals surface area contributed by atoms with E-state index in [1.165, 1.54) is 24.8 Å². The first-order chi connectivity index (χ1) is 9.48. The molecule has 0 radical (unpaired) electrons. The fraction of sp³-hybridized carbons (Fsp3) is 0.824. The van der Waals surface area contributed by atoms with Crippen molar-refractivity contribution in [1.82, 2.24) is 15.1 Å². The highest BCUT2D eigenvalue weighted by atomic mass is 15.3. The topological polar surface area (TPSA) is 29.9 Å². The number of hydrogen-bond donors (Lipinski definition) is 1. The minimum Gasteiger partial charge on any atom is -0.317 e. The Morgan fingerprint density at radius 3 is 2.80 bits per heavy atom. The Hall–Kier alpha value is -0.830. The molecule has 1 fully saturated rings. The highest BCUT2D eigenvalue weighted by Crippen LogP contribution is 2.42. The smallest absolute Gasteiger partial charge is 0.0527 e. The molecule has 0 saturated heterocycles. The van der Waals surface area contributed by atoms with E-state index >= 15 is 0 Å². The number of rotatable bonds is 5. The molecule has 1 aromatic heterocycles. The highest BCUT2D eigenvalue weighted by Gasteiger charge is 2.39. The minimum absolute atomic E-state index is 0.194. The van der Waals surface area contributed by atoms with E-state index < -0.39 is 0 Å². The van der Waals surface area contributed by atoms with Crippen molar-refractivity contribution in [2.24, 2.45) is 11.8 Å². The monoisotopic (exact) mass is 277 g/mol. The first kappa shape index (κ1) is 15.6. The molecule has 3 atom stereocenters. The third kappa shape index (κ3) is 3.08. The maximum atomic E-state index is 4.53. The lowest BCUT2D eigenvalue weighted by atomic mass is 9.64. The van der Waals surface area contributed by atoms with Crippen LogP contribution in [0.25, 0.3) is 0 Å². The molecule has 1 N–H and O–H groups in total. The quantitative estimate of drug-likeness (QED) is 0.891. The second-order valence-electron chi connectivity index (χ2n) is 7.13. The maximum absolute atomic E-state index is 4.53. The molecular weight excluding hydrogens is 246 g/mol. The van der Waals surface area contributed by atoms with Gasteiger partial charge >= 0.3 is 0 Å². The highest BCUT2D eigenvalue weighted by molar-refractivity contribution is 5.20. The SMILES string of the molecule is CCCn1cc(C(C)(C)C2CCC(C)CC2NC)cn1. The van der Waals surface area contributed by atoms with Gasteiger partial charge in [-0.25, -0.2) is 0 Å². The lowest BCUT2D eigenvalue weighted by molar-refractivity contribution is 0.151. The lowest BCUT2D eigenvalue weighted by Gasteiger charge is -2.44. The molecule has 0 spiro atoms. The molecule has 1 aromatic rings. The number of nitrogens with zero attached hydrogens (tertiary/aromatic N) is 2. The Bertz CT molecular complexity index is 422. The van der Waals surface area contributed by atoms with Gasteiger partial charge in [-0.05, 0) is 49.1 Å². The van der Waals surface area contributed by atoms with Gasteiger partial charge in [0.1, 0.15) is 0 Å². The summed E-state index contributed by atoms with van der Waals surface area (Å²) in [5.74, 6) is 1.55. The van der Waals surface area contributed by atoms with Crippen molar-refractivity contribution in [3.63, 3.8) is 0 Å². The predicted octanol–water partition coefficient (Wildman–Crippen LogP) is 3.59. The summed E-state index contributed by atoms with van der Waals surface area (Å²) in [5, 5.41) is 8.09. The Balaban J connectivity index is 2.18. The average molecular weight is 277 g/mol. The van der Waals surface area contributed by atoms with Crippen LogP contribution in [-0.2, 0) is 12.0 Å². The van der Waals surface area contributed by atoms with Gasteiger partial charge in [0.25, 0.3) is 0 Å². The Labute approximate surface area is 124 Å². The predicted molar refractivity (Wildman–Crippen MR) is 84.9 cm³/mol. The third-order valence-electron chi connectivity index (χ3n) is 5.24. The molecule has 0 aliphatic heterocycles. The Kier molecular flexibility index (Phi) is 4.90. The summed E-state index contributed by atoms with van der Waals surface area (Å²) < 4.78 is 2.09. The number of nitrogens with one attached hydrogen (secondary N) is 1. The zero-order chi connectivity index (χ0) is 14.8. The zero-order valence-electron chi connectivity index (χ0n) is 13.8. The van der Waals surface area contributed by atoms with Gasteiger partial charge in [-0.15, -0.1) is 0 Å². The van der Waals surface area contributed by atoms with Crippen LogP contribution in [0.4, 0.5) is 0 Å². The molecule has 20 heavy (non-hydrogen) atoms. The van der Waals surface area contributed by atoms with Crippen molar-refractivity contribution >= 4 is 0 Å². The first-order valence-corrected chi connectivity index (χ1v) is 8.19. The molecule has 0 bridgehead atoms. The standard InChI is InChI=1S/C17H31N3/c1-6-9-20-12-14(11-19-20)17(3,4)15-8-7-13(2)10-16(15)18-5/h11-13,15-16,18H,6-10H2,1-5H3. The molecule has 3 nitrogen and oxygen atoms in total. The van der Waals surface area contributed by atoms with Crippen LogP contribution in [0.5, 0.6) is 0 Å². The normalized spacial score (nSPS) is 27.8. The van der Waals surface area contributed by atoms with Crippen LogP contribution in [0.15, 0.2) is 12.4 Å². The van der Waals surface area contributed by atoms with E-state index in [2.05, 4.69) is 62.2 Å². The van der Waals surface area contributed by atoms with E-state index in [1.807, 2.05) is 0 Å². The van der Waals surface area contributed by atoms with Gasteiger partial charge in [-0.2, -0.15) is 5.10 Å². The molecule has 1 aliphatic carbocycles. The lowest BCUT2D eigenvalue weighted by Crippen LogP contribution is -2.47. The molecule has 1 saturated carbocycles. The largest absolute Gasteiger partial charge is 0.317 e. The average Bonchev–Trinajstić information content (AvgIpc) is 2.88. The summed E-state index contributed by atoms with van der Waals surface area (Å²) >= 11 is 0. The molecule has 1 heterocycles. The van der Waals surface area contributed by atoms with Crippen molar-refractivity contribution in [3.8, 4) is 0 Å². The van der Waals surface area contributed by atoms with Gasteiger partial charge in [0, 0.05) is 18.8 Å². The van der Waals surface area contributed by atoms with Crippen molar-refractivity contribution in [2.75, 3.05) is 7.05 Å². The van der Waals surface area contributed by atoms with Crippen LogP contribution in [0.3, 0.4) is 0 Å². The third-order valence-corrected chi connectivity index (χ3v) is 5.24. The van der Waals surface area contributed by atoms with E-state index in [0.29, 0.717) is 12.0 Å². The second kappa shape index (κ2) is 6.30. The second-order valence-corrected chi connectivity index (χ2v) is 7.13.